The number of para-hydroxylation sites is 2. The van der Waals surface area contributed by atoms with Gasteiger partial charge in [0, 0.05) is 12.4 Å². The van der Waals surface area contributed by atoms with E-state index < -0.39 is 0 Å². The Morgan fingerprint density at radius 3 is 1.24 bits per heavy atom. The van der Waals surface area contributed by atoms with Gasteiger partial charge in [0.2, 0.25) is 0 Å². The SMILES string of the molecule is CC(C)(C)c1ccc(Cc2ccc(C(C)(C)C)cc2C=Nc2ccccc2)c(C=Nc2ccccc2)c1. The van der Waals surface area contributed by atoms with Gasteiger partial charge in [-0.05, 0) is 87.0 Å². The summed E-state index contributed by atoms with van der Waals surface area (Å²) in [5.74, 6) is 0. The first-order valence-electron chi connectivity index (χ1n) is 13.0. The van der Waals surface area contributed by atoms with Crippen molar-refractivity contribution in [3.05, 3.63) is 130 Å². The van der Waals surface area contributed by atoms with Crippen LogP contribution in [0.15, 0.2) is 107 Å². The van der Waals surface area contributed by atoms with Crippen molar-refractivity contribution in [3.63, 3.8) is 0 Å². The number of aliphatic imine (C=N–C) groups is 2. The Bertz CT molecular complexity index is 1270. The van der Waals surface area contributed by atoms with Gasteiger partial charge in [-0.25, -0.2) is 0 Å². The molecular weight excluding hydrogens is 448 g/mol. The lowest BCUT2D eigenvalue weighted by atomic mass is 9.83. The minimum absolute atomic E-state index is 0.0652. The van der Waals surface area contributed by atoms with Crippen molar-refractivity contribution in [2.24, 2.45) is 9.98 Å². The van der Waals surface area contributed by atoms with E-state index in [0.29, 0.717) is 0 Å². The van der Waals surface area contributed by atoms with Gasteiger partial charge in [-0.15, -0.1) is 0 Å². The van der Waals surface area contributed by atoms with Crippen molar-refractivity contribution < 1.29 is 0 Å². The second-order valence-electron chi connectivity index (χ2n) is 11.7. The second kappa shape index (κ2) is 11.1. The quantitative estimate of drug-likeness (QED) is 0.243. The zero-order valence-corrected chi connectivity index (χ0v) is 23.0. The minimum Gasteiger partial charge on any atom is -0.256 e. The molecule has 0 aliphatic rings. The van der Waals surface area contributed by atoms with Crippen LogP contribution in [0.4, 0.5) is 11.4 Å². The van der Waals surface area contributed by atoms with Crippen molar-refractivity contribution in [3.8, 4) is 0 Å². The third kappa shape index (κ3) is 7.13. The smallest absolute Gasteiger partial charge is 0.0629 e. The van der Waals surface area contributed by atoms with Gasteiger partial charge in [0.05, 0.1) is 11.4 Å². The molecule has 0 saturated carbocycles. The highest BCUT2D eigenvalue weighted by Crippen LogP contribution is 2.29. The van der Waals surface area contributed by atoms with Crippen LogP contribution in [0, 0.1) is 0 Å². The van der Waals surface area contributed by atoms with Gasteiger partial charge in [-0.3, -0.25) is 9.98 Å². The van der Waals surface area contributed by atoms with E-state index in [0.717, 1.165) is 28.9 Å². The van der Waals surface area contributed by atoms with Crippen LogP contribution in [0.3, 0.4) is 0 Å². The molecule has 37 heavy (non-hydrogen) atoms. The second-order valence-corrected chi connectivity index (χ2v) is 11.7. The first-order valence-corrected chi connectivity index (χ1v) is 13.0. The van der Waals surface area contributed by atoms with E-state index in [9.17, 15) is 0 Å². The average molecular weight is 487 g/mol. The molecule has 0 atom stereocenters. The molecule has 0 saturated heterocycles. The van der Waals surface area contributed by atoms with Crippen LogP contribution in [0.5, 0.6) is 0 Å². The van der Waals surface area contributed by atoms with Gasteiger partial charge in [0.1, 0.15) is 0 Å². The highest BCUT2D eigenvalue weighted by atomic mass is 14.7. The Morgan fingerprint density at radius 1 is 0.514 bits per heavy atom. The fourth-order valence-corrected chi connectivity index (χ4v) is 4.21. The zero-order chi connectivity index (χ0) is 26.5. The van der Waals surface area contributed by atoms with E-state index in [1.54, 1.807) is 0 Å². The standard InChI is InChI=1S/C35H38N2/c1-34(2,3)30-19-17-26(28(22-30)24-36-32-13-9-7-10-14-32)21-27-18-20-31(35(4,5)6)23-29(27)25-37-33-15-11-8-12-16-33/h7-20,22-25H,21H2,1-6H3. The summed E-state index contributed by atoms with van der Waals surface area (Å²) in [6.45, 7) is 13.5. The van der Waals surface area contributed by atoms with Crippen LogP contribution in [0.2, 0.25) is 0 Å². The molecule has 4 aromatic rings. The summed E-state index contributed by atoms with van der Waals surface area (Å²) in [5.41, 5.74) is 9.48. The van der Waals surface area contributed by atoms with E-state index in [1.807, 2.05) is 73.1 Å². The molecule has 188 valence electrons. The number of rotatable bonds is 6. The molecule has 0 heterocycles. The van der Waals surface area contributed by atoms with Crippen molar-refractivity contribution >= 4 is 23.8 Å². The number of hydrogen-bond acceptors (Lipinski definition) is 2. The fraction of sp³-hybridized carbons (Fsp3) is 0.257. The first kappa shape index (κ1) is 26.3. The molecule has 0 unspecified atom stereocenters. The molecule has 4 aromatic carbocycles. The van der Waals surface area contributed by atoms with Crippen LogP contribution >= 0.6 is 0 Å². The normalized spacial score (nSPS) is 12.5. The predicted molar refractivity (Wildman–Crippen MR) is 160 cm³/mol. The molecule has 0 aliphatic heterocycles. The zero-order valence-electron chi connectivity index (χ0n) is 23.0. The van der Waals surface area contributed by atoms with E-state index in [1.165, 1.54) is 22.3 Å². The summed E-state index contributed by atoms with van der Waals surface area (Å²) >= 11 is 0. The largest absolute Gasteiger partial charge is 0.256 e. The van der Waals surface area contributed by atoms with E-state index >= 15 is 0 Å². The van der Waals surface area contributed by atoms with Crippen molar-refractivity contribution in [2.75, 3.05) is 0 Å². The minimum atomic E-state index is 0.0652. The maximum atomic E-state index is 4.80. The van der Waals surface area contributed by atoms with Crippen LogP contribution in [-0.2, 0) is 17.3 Å². The molecule has 0 aromatic heterocycles. The summed E-state index contributed by atoms with van der Waals surface area (Å²) in [6.07, 6.45) is 4.84. The molecule has 2 heteroatoms. The number of hydrogen-bond donors (Lipinski definition) is 0. The summed E-state index contributed by atoms with van der Waals surface area (Å²) in [7, 11) is 0. The lowest BCUT2D eigenvalue weighted by molar-refractivity contribution is 0.590. The maximum Gasteiger partial charge on any atom is 0.0629 e. The van der Waals surface area contributed by atoms with Crippen LogP contribution in [-0.4, -0.2) is 12.4 Å². The molecular formula is C35H38N2. The Hall–Kier alpha value is -3.78. The van der Waals surface area contributed by atoms with Crippen LogP contribution in [0.25, 0.3) is 0 Å². The lowest BCUT2D eigenvalue weighted by Gasteiger charge is -2.22. The average Bonchev–Trinajstić information content (AvgIpc) is 2.87. The van der Waals surface area contributed by atoms with Crippen LogP contribution in [0.1, 0.15) is 74.9 Å². The van der Waals surface area contributed by atoms with Crippen LogP contribution < -0.4 is 0 Å². The fourth-order valence-electron chi connectivity index (χ4n) is 4.21. The molecule has 0 amide bonds. The lowest BCUT2D eigenvalue weighted by Crippen LogP contribution is -2.13. The molecule has 0 aliphatic carbocycles. The van der Waals surface area contributed by atoms with Gasteiger partial charge in [-0.2, -0.15) is 0 Å². The van der Waals surface area contributed by atoms with Gasteiger partial charge in [0.25, 0.3) is 0 Å². The maximum absolute atomic E-state index is 4.80. The molecule has 2 nitrogen and oxygen atoms in total. The Kier molecular flexibility index (Phi) is 7.88. The molecule has 0 bridgehead atoms. The number of nitrogens with zero attached hydrogens (tertiary/aromatic N) is 2. The van der Waals surface area contributed by atoms with Crippen molar-refractivity contribution in [1.29, 1.82) is 0 Å². The van der Waals surface area contributed by atoms with Crippen molar-refractivity contribution in [2.45, 2.75) is 58.8 Å². The summed E-state index contributed by atoms with van der Waals surface area (Å²) in [6, 6.07) is 33.9. The Labute approximate surface area is 222 Å². The summed E-state index contributed by atoms with van der Waals surface area (Å²) < 4.78 is 0. The topological polar surface area (TPSA) is 24.7 Å². The molecule has 4 rings (SSSR count). The highest BCUT2D eigenvalue weighted by Gasteiger charge is 2.18. The van der Waals surface area contributed by atoms with Gasteiger partial charge in [0.15, 0.2) is 0 Å². The molecule has 0 N–H and O–H groups in total. The summed E-state index contributed by atoms with van der Waals surface area (Å²) in [5, 5.41) is 0. The monoisotopic (exact) mass is 486 g/mol. The Morgan fingerprint density at radius 2 is 0.892 bits per heavy atom. The highest BCUT2D eigenvalue weighted by molar-refractivity contribution is 5.86. The van der Waals surface area contributed by atoms with E-state index in [4.69, 9.17) is 9.98 Å². The van der Waals surface area contributed by atoms with Crippen molar-refractivity contribution in [1.82, 2.24) is 0 Å². The first-order chi connectivity index (χ1) is 17.6. The van der Waals surface area contributed by atoms with Gasteiger partial charge < -0.3 is 0 Å². The molecule has 0 radical (unpaired) electrons. The molecule has 0 spiro atoms. The predicted octanol–water partition coefficient (Wildman–Crippen LogP) is 9.37. The molecule has 0 fully saturated rings. The summed E-state index contributed by atoms with van der Waals surface area (Å²) in [4.78, 5) is 9.59. The van der Waals surface area contributed by atoms with Gasteiger partial charge >= 0.3 is 0 Å². The van der Waals surface area contributed by atoms with E-state index in [2.05, 4.69) is 77.9 Å². The third-order valence-corrected chi connectivity index (χ3v) is 6.62. The third-order valence-electron chi connectivity index (χ3n) is 6.62. The number of benzene rings is 4. The van der Waals surface area contributed by atoms with E-state index in [-0.39, 0.29) is 10.8 Å². The Balaban J connectivity index is 1.76. The van der Waals surface area contributed by atoms with Gasteiger partial charge in [-0.1, -0.05) is 102 Å².